The van der Waals surface area contributed by atoms with E-state index in [4.69, 9.17) is 20.2 Å². The predicted octanol–water partition coefficient (Wildman–Crippen LogP) is 2.77. The topological polar surface area (TPSA) is 89.7 Å². The maximum absolute atomic E-state index is 12.5. The monoisotopic (exact) mass is 446 g/mol. The molecule has 2 atom stereocenters. The third-order valence-corrected chi connectivity index (χ3v) is 5.69. The zero-order valence-corrected chi connectivity index (χ0v) is 19.0. The van der Waals surface area contributed by atoms with Gasteiger partial charge in [0.25, 0.3) is 5.91 Å². The van der Waals surface area contributed by atoms with Gasteiger partial charge in [-0.25, -0.2) is 0 Å². The average Bonchev–Trinajstić information content (AvgIpc) is 3.21. The van der Waals surface area contributed by atoms with Crippen LogP contribution in [0.3, 0.4) is 0 Å². The molecule has 2 heterocycles. The van der Waals surface area contributed by atoms with E-state index in [-0.39, 0.29) is 5.91 Å². The molecule has 7 heteroatoms. The highest BCUT2D eigenvalue weighted by molar-refractivity contribution is 5.95. The third-order valence-electron chi connectivity index (χ3n) is 5.69. The highest BCUT2D eigenvalue weighted by Crippen LogP contribution is 2.35. The summed E-state index contributed by atoms with van der Waals surface area (Å²) < 4.78 is 11.6. The lowest BCUT2D eigenvalue weighted by atomic mass is 9.91. The van der Waals surface area contributed by atoms with Crippen molar-refractivity contribution >= 4 is 5.91 Å². The average molecular weight is 447 g/mol. The van der Waals surface area contributed by atoms with Gasteiger partial charge in [0, 0.05) is 36.8 Å². The first-order valence-corrected chi connectivity index (χ1v) is 11.0. The number of ether oxygens (including phenoxy) is 2. The summed E-state index contributed by atoms with van der Waals surface area (Å²) in [6.07, 6.45) is 1.63. The SMILES string of the molecule is CN(C)CCNC(=O)c1cccc(-c2ccc(C3(Cc4ccccc4)COC(N)O3)nc2)c1. The summed E-state index contributed by atoms with van der Waals surface area (Å²) in [4.78, 5) is 19.2. The highest BCUT2D eigenvalue weighted by atomic mass is 16.7. The minimum Gasteiger partial charge on any atom is -0.351 e. The molecule has 33 heavy (non-hydrogen) atoms. The first-order chi connectivity index (χ1) is 15.9. The second-order valence-corrected chi connectivity index (χ2v) is 8.53. The van der Waals surface area contributed by atoms with Gasteiger partial charge in [-0.15, -0.1) is 0 Å². The standard InChI is InChI=1S/C26H30N4O3/c1-30(2)14-13-28-24(31)21-10-6-9-20(15-21)22-11-12-23(29-17-22)26(18-32-25(27)33-26)16-19-7-4-3-5-8-19/h3-12,15,17,25H,13-14,16,18,27H2,1-2H3,(H,28,31). The predicted molar refractivity (Wildman–Crippen MR) is 127 cm³/mol. The zero-order chi connectivity index (χ0) is 23.3. The molecule has 7 nitrogen and oxygen atoms in total. The van der Waals surface area contributed by atoms with Crippen molar-refractivity contribution in [2.75, 3.05) is 33.8 Å². The van der Waals surface area contributed by atoms with Crippen LogP contribution in [-0.2, 0) is 21.5 Å². The summed E-state index contributed by atoms with van der Waals surface area (Å²) >= 11 is 0. The van der Waals surface area contributed by atoms with Gasteiger partial charge in [-0.2, -0.15) is 0 Å². The number of nitrogens with two attached hydrogens (primary N) is 1. The smallest absolute Gasteiger partial charge is 0.251 e. The molecule has 1 aliphatic heterocycles. The van der Waals surface area contributed by atoms with Crippen LogP contribution in [0.15, 0.2) is 72.9 Å². The molecule has 2 aromatic carbocycles. The Bertz CT molecular complexity index is 1070. The number of carbonyl (C=O) groups excluding carboxylic acids is 1. The second-order valence-electron chi connectivity index (χ2n) is 8.53. The molecule has 4 rings (SSSR count). The van der Waals surface area contributed by atoms with Gasteiger partial charge in [0.1, 0.15) is 5.60 Å². The van der Waals surface area contributed by atoms with Crippen LogP contribution in [0.25, 0.3) is 11.1 Å². The summed E-state index contributed by atoms with van der Waals surface area (Å²) in [7, 11) is 3.95. The molecule has 1 saturated heterocycles. The minimum absolute atomic E-state index is 0.0874. The molecule has 1 aromatic heterocycles. The van der Waals surface area contributed by atoms with Gasteiger partial charge in [-0.3, -0.25) is 15.5 Å². The number of amides is 1. The fraction of sp³-hybridized carbons (Fsp3) is 0.308. The zero-order valence-electron chi connectivity index (χ0n) is 19.0. The number of benzene rings is 2. The van der Waals surface area contributed by atoms with E-state index in [0.717, 1.165) is 28.9 Å². The maximum atomic E-state index is 12.5. The molecule has 1 fully saturated rings. The Morgan fingerprint density at radius 2 is 1.94 bits per heavy atom. The van der Waals surface area contributed by atoms with E-state index >= 15 is 0 Å². The lowest BCUT2D eigenvalue weighted by molar-refractivity contribution is -0.0886. The second kappa shape index (κ2) is 10.2. The number of hydrogen-bond donors (Lipinski definition) is 2. The minimum atomic E-state index is -0.780. The Balaban J connectivity index is 1.53. The molecule has 3 N–H and O–H groups in total. The van der Waals surface area contributed by atoms with Crippen molar-refractivity contribution in [3.05, 3.63) is 89.7 Å². The number of hydrogen-bond acceptors (Lipinski definition) is 6. The first-order valence-electron chi connectivity index (χ1n) is 11.0. The van der Waals surface area contributed by atoms with Crippen LogP contribution in [0.5, 0.6) is 0 Å². The van der Waals surface area contributed by atoms with Gasteiger partial charge in [0.15, 0.2) is 0 Å². The Morgan fingerprint density at radius 1 is 1.12 bits per heavy atom. The number of nitrogens with zero attached hydrogens (tertiary/aromatic N) is 2. The van der Waals surface area contributed by atoms with Gasteiger partial charge in [-0.1, -0.05) is 48.5 Å². The molecule has 0 radical (unpaired) electrons. The highest BCUT2D eigenvalue weighted by Gasteiger charge is 2.43. The van der Waals surface area contributed by atoms with Crippen molar-refractivity contribution in [1.82, 2.24) is 15.2 Å². The van der Waals surface area contributed by atoms with Gasteiger partial charge in [-0.05, 0) is 43.4 Å². The Hall–Kier alpha value is -3.10. The molecule has 1 amide bonds. The van der Waals surface area contributed by atoms with Crippen LogP contribution in [0.1, 0.15) is 21.6 Å². The summed E-state index contributed by atoms with van der Waals surface area (Å²) in [5.74, 6) is -0.0874. The van der Waals surface area contributed by atoms with Crippen LogP contribution in [0.4, 0.5) is 0 Å². The molecule has 1 aliphatic rings. The van der Waals surface area contributed by atoms with Crippen LogP contribution >= 0.6 is 0 Å². The molecule has 3 aromatic rings. The Labute approximate surface area is 194 Å². The molecule has 172 valence electrons. The van der Waals surface area contributed by atoms with Gasteiger partial charge < -0.3 is 19.7 Å². The normalized spacial score (nSPS) is 20.2. The van der Waals surface area contributed by atoms with E-state index in [9.17, 15) is 4.79 Å². The van der Waals surface area contributed by atoms with Crippen LogP contribution in [-0.4, -0.2) is 56.0 Å². The van der Waals surface area contributed by atoms with Crippen LogP contribution in [0.2, 0.25) is 0 Å². The molecule has 0 aliphatic carbocycles. The lowest BCUT2D eigenvalue weighted by Gasteiger charge is -2.26. The summed E-state index contributed by atoms with van der Waals surface area (Å²) in [5, 5.41) is 2.95. The number of rotatable bonds is 8. The maximum Gasteiger partial charge on any atom is 0.251 e. The fourth-order valence-electron chi connectivity index (χ4n) is 3.92. The van der Waals surface area contributed by atoms with Crippen molar-refractivity contribution in [2.24, 2.45) is 5.73 Å². The Morgan fingerprint density at radius 3 is 2.61 bits per heavy atom. The van der Waals surface area contributed by atoms with E-state index in [1.807, 2.05) is 73.6 Å². The summed E-state index contributed by atoms with van der Waals surface area (Å²) in [6, 6.07) is 21.6. The van der Waals surface area contributed by atoms with E-state index in [1.54, 1.807) is 6.20 Å². The summed E-state index contributed by atoms with van der Waals surface area (Å²) in [5.41, 5.74) is 9.51. The van der Waals surface area contributed by atoms with Crippen molar-refractivity contribution in [2.45, 2.75) is 18.4 Å². The first kappa shape index (κ1) is 23.1. The number of nitrogens with one attached hydrogen (secondary N) is 1. The van der Waals surface area contributed by atoms with Gasteiger partial charge in [0.05, 0.1) is 12.3 Å². The van der Waals surface area contributed by atoms with Crippen LogP contribution in [0, 0.1) is 0 Å². The lowest BCUT2D eigenvalue weighted by Crippen LogP contribution is -2.34. The van der Waals surface area contributed by atoms with Gasteiger partial charge in [0.2, 0.25) is 6.41 Å². The van der Waals surface area contributed by atoms with Gasteiger partial charge >= 0.3 is 0 Å². The Kier molecular flexibility index (Phi) is 7.15. The van der Waals surface area contributed by atoms with Crippen molar-refractivity contribution in [1.29, 1.82) is 0 Å². The molecule has 0 saturated carbocycles. The number of aromatic nitrogens is 1. The molecule has 0 spiro atoms. The van der Waals surface area contributed by atoms with Crippen molar-refractivity contribution in [3.8, 4) is 11.1 Å². The van der Waals surface area contributed by atoms with E-state index in [1.165, 1.54) is 0 Å². The third kappa shape index (κ3) is 5.64. The van der Waals surface area contributed by atoms with Crippen LogP contribution < -0.4 is 11.1 Å². The molecular formula is C26H30N4O3. The molecule has 0 bridgehead atoms. The summed E-state index contributed by atoms with van der Waals surface area (Å²) in [6.45, 7) is 1.72. The molecule has 2 unspecified atom stereocenters. The van der Waals surface area contributed by atoms with E-state index in [0.29, 0.717) is 25.1 Å². The fourth-order valence-corrected chi connectivity index (χ4v) is 3.92. The number of likely N-dealkylation sites (N-methyl/N-ethyl adjacent to an activating group) is 1. The quantitative estimate of drug-likeness (QED) is 0.553. The molecular weight excluding hydrogens is 416 g/mol. The van der Waals surface area contributed by atoms with Crippen molar-refractivity contribution in [3.63, 3.8) is 0 Å². The number of carbonyl (C=O) groups is 1. The number of pyridine rings is 1. The van der Waals surface area contributed by atoms with E-state index in [2.05, 4.69) is 17.4 Å². The van der Waals surface area contributed by atoms with E-state index < -0.39 is 12.0 Å². The van der Waals surface area contributed by atoms with Crippen molar-refractivity contribution < 1.29 is 14.3 Å². The largest absolute Gasteiger partial charge is 0.351 e.